The lowest BCUT2D eigenvalue weighted by molar-refractivity contribution is -0.139. The third-order valence-corrected chi connectivity index (χ3v) is 5.69. The summed E-state index contributed by atoms with van der Waals surface area (Å²) in [6.07, 6.45) is 9.81. The van der Waals surface area contributed by atoms with Crippen molar-refractivity contribution in [3.05, 3.63) is 0 Å². The maximum absolute atomic E-state index is 12.9. The SMILES string of the molecule is N#CC1(C(=O)N2CCC(N3CCCCC3)C2)CCCCC1. The minimum absolute atomic E-state index is 0.129. The number of nitriles is 1. The molecule has 0 aromatic carbocycles. The number of rotatable bonds is 2. The van der Waals surface area contributed by atoms with Crippen molar-refractivity contribution >= 4 is 5.91 Å². The molecule has 3 fully saturated rings. The highest BCUT2D eigenvalue weighted by Gasteiger charge is 2.44. The first-order chi connectivity index (χ1) is 10.2. The van der Waals surface area contributed by atoms with Crippen molar-refractivity contribution in [1.82, 2.24) is 9.80 Å². The van der Waals surface area contributed by atoms with Gasteiger partial charge in [-0.05, 0) is 45.2 Å². The molecule has 1 atom stereocenters. The maximum Gasteiger partial charge on any atom is 0.243 e. The maximum atomic E-state index is 12.9. The van der Waals surface area contributed by atoms with Crippen LogP contribution in [0.5, 0.6) is 0 Å². The van der Waals surface area contributed by atoms with Crippen LogP contribution in [-0.4, -0.2) is 47.9 Å². The summed E-state index contributed by atoms with van der Waals surface area (Å²) < 4.78 is 0. The van der Waals surface area contributed by atoms with E-state index in [0.29, 0.717) is 6.04 Å². The van der Waals surface area contributed by atoms with Crippen LogP contribution in [0.2, 0.25) is 0 Å². The average molecular weight is 289 g/mol. The molecule has 0 spiro atoms. The first-order valence-corrected chi connectivity index (χ1v) is 8.70. The van der Waals surface area contributed by atoms with Crippen LogP contribution in [0.1, 0.15) is 57.8 Å². The first-order valence-electron chi connectivity index (χ1n) is 8.70. The minimum Gasteiger partial charge on any atom is -0.340 e. The van der Waals surface area contributed by atoms with Gasteiger partial charge < -0.3 is 4.90 Å². The smallest absolute Gasteiger partial charge is 0.243 e. The van der Waals surface area contributed by atoms with E-state index in [-0.39, 0.29) is 5.91 Å². The van der Waals surface area contributed by atoms with Crippen molar-refractivity contribution in [2.75, 3.05) is 26.2 Å². The van der Waals surface area contributed by atoms with Gasteiger partial charge in [0, 0.05) is 19.1 Å². The summed E-state index contributed by atoms with van der Waals surface area (Å²) in [5.74, 6) is 0.129. The molecule has 2 saturated heterocycles. The number of piperidine rings is 1. The molecular formula is C17H27N3O. The number of likely N-dealkylation sites (tertiary alicyclic amines) is 2. The Bertz CT molecular complexity index is 416. The van der Waals surface area contributed by atoms with Crippen LogP contribution < -0.4 is 0 Å². The number of carbonyl (C=O) groups excluding carboxylic acids is 1. The summed E-state index contributed by atoms with van der Waals surface area (Å²) >= 11 is 0. The van der Waals surface area contributed by atoms with E-state index in [0.717, 1.165) is 45.2 Å². The van der Waals surface area contributed by atoms with Crippen molar-refractivity contribution in [3.63, 3.8) is 0 Å². The van der Waals surface area contributed by atoms with Gasteiger partial charge in [0.1, 0.15) is 5.41 Å². The second kappa shape index (κ2) is 6.36. The van der Waals surface area contributed by atoms with E-state index in [9.17, 15) is 10.1 Å². The summed E-state index contributed by atoms with van der Waals surface area (Å²) in [6.45, 7) is 4.08. The molecule has 1 amide bonds. The Labute approximate surface area is 128 Å². The van der Waals surface area contributed by atoms with Crippen LogP contribution >= 0.6 is 0 Å². The molecule has 0 bridgehead atoms. The fraction of sp³-hybridized carbons (Fsp3) is 0.882. The van der Waals surface area contributed by atoms with Crippen molar-refractivity contribution < 1.29 is 4.79 Å². The number of nitrogens with zero attached hydrogens (tertiary/aromatic N) is 3. The van der Waals surface area contributed by atoms with E-state index in [1.54, 1.807) is 0 Å². The Morgan fingerprint density at radius 2 is 1.67 bits per heavy atom. The highest BCUT2D eigenvalue weighted by molar-refractivity contribution is 5.85. The van der Waals surface area contributed by atoms with Crippen molar-refractivity contribution in [3.8, 4) is 6.07 Å². The van der Waals surface area contributed by atoms with Crippen molar-refractivity contribution in [2.45, 2.75) is 63.8 Å². The zero-order valence-corrected chi connectivity index (χ0v) is 13.0. The summed E-state index contributed by atoms with van der Waals surface area (Å²) in [5.41, 5.74) is -0.699. The van der Waals surface area contributed by atoms with Gasteiger partial charge >= 0.3 is 0 Å². The quantitative estimate of drug-likeness (QED) is 0.785. The molecule has 3 aliphatic rings. The average Bonchev–Trinajstić information content (AvgIpc) is 3.05. The van der Waals surface area contributed by atoms with E-state index in [4.69, 9.17) is 0 Å². The molecular weight excluding hydrogens is 262 g/mol. The van der Waals surface area contributed by atoms with Crippen LogP contribution in [0.15, 0.2) is 0 Å². The molecule has 0 radical (unpaired) electrons. The lowest BCUT2D eigenvalue weighted by Crippen LogP contribution is -2.46. The Hall–Kier alpha value is -1.08. The van der Waals surface area contributed by atoms with Crippen molar-refractivity contribution in [1.29, 1.82) is 5.26 Å². The Morgan fingerprint density at radius 1 is 1.00 bits per heavy atom. The molecule has 1 aliphatic carbocycles. The molecule has 1 unspecified atom stereocenters. The number of amides is 1. The van der Waals surface area contributed by atoms with Crippen LogP contribution in [-0.2, 0) is 4.79 Å². The molecule has 4 heteroatoms. The van der Waals surface area contributed by atoms with Crippen molar-refractivity contribution in [2.24, 2.45) is 5.41 Å². The highest BCUT2D eigenvalue weighted by Crippen LogP contribution is 2.38. The van der Waals surface area contributed by atoms with Gasteiger partial charge in [-0.2, -0.15) is 5.26 Å². The predicted molar refractivity (Wildman–Crippen MR) is 81.5 cm³/mol. The fourth-order valence-electron chi connectivity index (χ4n) is 4.34. The van der Waals surface area contributed by atoms with Crippen LogP contribution in [0.3, 0.4) is 0 Å². The zero-order valence-electron chi connectivity index (χ0n) is 13.0. The predicted octanol–water partition coefficient (Wildman–Crippen LogP) is 2.55. The van der Waals surface area contributed by atoms with Crippen LogP contribution in [0.4, 0.5) is 0 Å². The Morgan fingerprint density at radius 3 is 2.33 bits per heavy atom. The molecule has 3 rings (SSSR count). The first kappa shape index (κ1) is 14.8. The summed E-state index contributed by atoms with van der Waals surface area (Å²) in [4.78, 5) is 17.4. The Balaban J connectivity index is 1.62. The molecule has 1 saturated carbocycles. The zero-order chi connectivity index (χ0) is 14.7. The largest absolute Gasteiger partial charge is 0.340 e. The standard InChI is InChI=1S/C17H27N3O/c18-14-17(8-3-1-4-9-17)16(21)20-12-7-15(13-20)19-10-5-2-6-11-19/h15H,1-13H2. The number of carbonyl (C=O) groups is 1. The van der Waals surface area contributed by atoms with Gasteiger partial charge in [0.15, 0.2) is 0 Å². The molecule has 0 aromatic heterocycles. The lowest BCUT2D eigenvalue weighted by Gasteiger charge is -2.35. The van der Waals surface area contributed by atoms with E-state index in [2.05, 4.69) is 11.0 Å². The topological polar surface area (TPSA) is 47.3 Å². The monoisotopic (exact) mass is 289 g/mol. The van der Waals surface area contributed by atoms with Gasteiger partial charge in [-0.15, -0.1) is 0 Å². The number of hydrogen-bond donors (Lipinski definition) is 0. The normalized spacial score (nSPS) is 30.0. The lowest BCUT2D eigenvalue weighted by atomic mass is 9.74. The second-order valence-corrected chi connectivity index (χ2v) is 7.04. The fourth-order valence-corrected chi connectivity index (χ4v) is 4.34. The molecule has 2 aliphatic heterocycles. The Kier molecular flexibility index (Phi) is 4.49. The van der Waals surface area contributed by atoms with Gasteiger partial charge in [0.25, 0.3) is 0 Å². The minimum atomic E-state index is -0.699. The number of hydrogen-bond acceptors (Lipinski definition) is 3. The summed E-state index contributed by atoms with van der Waals surface area (Å²) in [5, 5.41) is 9.58. The van der Waals surface area contributed by atoms with Gasteiger partial charge in [0.2, 0.25) is 5.91 Å². The van der Waals surface area contributed by atoms with Gasteiger partial charge in [-0.1, -0.05) is 25.7 Å². The van der Waals surface area contributed by atoms with E-state index < -0.39 is 5.41 Å². The van der Waals surface area contributed by atoms with Gasteiger partial charge in [-0.25, -0.2) is 0 Å². The highest BCUT2D eigenvalue weighted by atomic mass is 16.2. The molecule has 0 aromatic rings. The summed E-state index contributed by atoms with van der Waals surface area (Å²) in [6, 6.07) is 2.92. The van der Waals surface area contributed by atoms with Crippen LogP contribution in [0, 0.1) is 16.7 Å². The summed E-state index contributed by atoms with van der Waals surface area (Å²) in [7, 11) is 0. The molecule has 4 nitrogen and oxygen atoms in total. The molecule has 116 valence electrons. The van der Waals surface area contributed by atoms with E-state index >= 15 is 0 Å². The van der Waals surface area contributed by atoms with Crippen LogP contribution in [0.25, 0.3) is 0 Å². The molecule has 0 N–H and O–H groups in total. The van der Waals surface area contributed by atoms with Gasteiger partial charge in [-0.3, -0.25) is 9.69 Å². The van der Waals surface area contributed by atoms with E-state index in [1.165, 1.54) is 38.8 Å². The van der Waals surface area contributed by atoms with Gasteiger partial charge in [0.05, 0.1) is 6.07 Å². The molecule has 2 heterocycles. The third kappa shape index (κ3) is 2.94. The molecule has 21 heavy (non-hydrogen) atoms. The second-order valence-electron chi connectivity index (χ2n) is 7.04. The third-order valence-electron chi connectivity index (χ3n) is 5.69. The van der Waals surface area contributed by atoms with E-state index in [1.807, 2.05) is 4.90 Å².